The number of aromatic nitrogens is 3. The number of aryl methyl sites for hydroxylation is 1. The Morgan fingerprint density at radius 1 is 1.28 bits per heavy atom. The molecule has 1 saturated heterocycles. The summed E-state index contributed by atoms with van der Waals surface area (Å²) in [7, 11) is 1.85. The van der Waals surface area contributed by atoms with Gasteiger partial charge in [0.05, 0.1) is 18.8 Å². The first-order valence-electron chi connectivity index (χ1n) is 6.44. The molecule has 0 bridgehead atoms. The molecule has 0 unspecified atom stereocenters. The molecule has 1 aliphatic heterocycles. The third-order valence-corrected chi connectivity index (χ3v) is 4.05. The Morgan fingerprint density at radius 2 is 1.94 bits per heavy atom. The lowest BCUT2D eigenvalue weighted by Crippen LogP contribution is -2.45. The van der Waals surface area contributed by atoms with Crippen molar-refractivity contribution in [2.75, 3.05) is 13.2 Å². The van der Waals surface area contributed by atoms with Gasteiger partial charge in [-0.05, 0) is 12.8 Å². The first-order valence-corrected chi connectivity index (χ1v) is 6.44. The fraction of sp³-hybridized carbons (Fsp3) is 0.833. The van der Waals surface area contributed by atoms with Gasteiger partial charge in [0.1, 0.15) is 12.2 Å². The highest BCUT2D eigenvalue weighted by Gasteiger charge is 2.45. The number of aliphatic hydroxyl groups is 1. The maximum atomic E-state index is 10.6. The van der Waals surface area contributed by atoms with Gasteiger partial charge in [0.25, 0.3) is 0 Å². The van der Waals surface area contributed by atoms with Gasteiger partial charge in [-0.2, -0.15) is 5.10 Å². The van der Waals surface area contributed by atoms with Crippen LogP contribution in [0.25, 0.3) is 0 Å². The largest absolute Gasteiger partial charge is 0.389 e. The van der Waals surface area contributed by atoms with E-state index in [4.69, 9.17) is 9.47 Å². The van der Waals surface area contributed by atoms with E-state index in [9.17, 15) is 5.11 Å². The fourth-order valence-corrected chi connectivity index (χ4v) is 2.83. The highest BCUT2D eigenvalue weighted by atomic mass is 16.7. The van der Waals surface area contributed by atoms with E-state index in [1.807, 2.05) is 7.05 Å². The van der Waals surface area contributed by atoms with Crippen molar-refractivity contribution in [2.45, 2.75) is 43.5 Å². The third kappa shape index (κ3) is 2.15. The molecule has 1 aromatic rings. The Balaban J connectivity index is 1.65. The maximum absolute atomic E-state index is 10.6. The zero-order valence-electron chi connectivity index (χ0n) is 10.6. The molecule has 2 fully saturated rings. The van der Waals surface area contributed by atoms with Crippen molar-refractivity contribution in [3.05, 3.63) is 12.2 Å². The summed E-state index contributed by atoms with van der Waals surface area (Å²) in [6, 6.07) is 0. The number of rotatable bonds is 2. The second kappa shape index (κ2) is 4.29. The van der Waals surface area contributed by atoms with E-state index in [0.29, 0.717) is 32.5 Å². The highest BCUT2D eigenvalue weighted by Crippen LogP contribution is 2.41. The van der Waals surface area contributed by atoms with E-state index < -0.39 is 11.4 Å². The Bertz CT molecular complexity index is 416. The van der Waals surface area contributed by atoms with Crippen molar-refractivity contribution in [1.29, 1.82) is 0 Å². The first kappa shape index (κ1) is 12.1. The zero-order valence-corrected chi connectivity index (χ0v) is 10.6. The Morgan fingerprint density at radius 3 is 2.50 bits per heavy atom. The molecule has 6 nitrogen and oxygen atoms in total. The van der Waals surface area contributed by atoms with Crippen molar-refractivity contribution >= 4 is 0 Å². The summed E-state index contributed by atoms with van der Waals surface area (Å²) in [6.07, 6.45) is 4.92. The van der Waals surface area contributed by atoms with Crippen LogP contribution in [-0.4, -0.2) is 44.5 Å². The predicted octanol–water partition coefficient (Wildman–Crippen LogP) is 0.406. The number of nitrogens with zero attached hydrogens (tertiary/aromatic N) is 3. The summed E-state index contributed by atoms with van der Waals surface area (Å²) in [6.45, 7) is 1.34. The molecular weight excluding hydrogens is 234 g/mol. The molecular formula is C12H19N3O3. The average molecular weight is 253 g/mol. The van der Waals surface area contributed by atoms with Crippen molar-refractivity contribution in [1.82, 2.24) is 14.8 Å². The number of hydrogen-bond donors (Lipinski definition) is 1. The van der Waals surface area contributed by atoms with Crippen LogP contribution in [-0.2, 0) is 22.9 Å². The van der Waals surface area contributed by atoms with E-state index in [-0.39, 0.29) is 0 Å². The average Bonchev–Trinajstić information content (AvgIpc) is 2.96. The molecule has 2 aliphatic rings. The SMILES string of the molecule is Cn1ncnc1CC1(O)CCC2(CC1)OCCO2. The molecule has 3 rings (SSSR count). The Kier molecular flexibility index (Phi) is 2.88. The topological polar surface area (TPSA) is 69.4 Å². The van der Waals surface area contributed by atoms with Gasteiger partial charge in [-0.1, -0.05) is 0 Å². The van der Waals surface area contributed by atoms with Crippen LogP contribution in [0.5, 0.6) is 0 Å². The molecule has 0 radical (unpaired) electrons. The van der Waals surface area contributed by atoms with Gasteiger partial charge < -0.3 is 14.6 Å². The third-order valence-electron chi connectivity index (χ3n) is 4.05. The lowest BCUT2D eigenvalue weighted by Gasteiger charge is -2.40. The molecule has 0 atom stereocenters. The molecule has 1 N–H and O–H groups in total. The van der Waals surface area contributed by atoms with Gasteiger partial charge >= 0.3 is 0 Å². The number of ether oxygens (including phenoxy) is 2. The van der Waals surface area contributed by atoms with Crippen LogP contribution in [0.1, 0.15) is 31.5 Å². The smallest absolute Gasteiger partial charge is 0.168 e. The van der Waals surface area contributed by atoms with Crippen LogP contribution in [0.15, 0.2) is 6.33 Å². The summed E-state index contributed by atoms with van der Waals surface area (Å²) >= 11 is 0. The maximum Gasteiger partial charge on any atom is 0.168 e. The normalized spacial score (nSPS) is 25.7. The van der Waals surface area contributed by atoms with Gasteiger partial charge in [0.2, 0.25) is 0 Å². The molecule has 6 heteroatoms. The van der Waals surface area contributed by atoms with Crippen LogP contribution < -0.4 is 0 Å². The summed E-state index contributed by atoms with van der Waals surface area (Å²) < 4.78 is 13.0. The minimum atomic E-state index is -0.707. The molecule has 0 aromatic carbocycles. The number of hydrogen-bond acceptors (Lipinski definition) is 5. The van der Waals surface area contributed by atoms with E-state index in [2.05, 4.69) is 10.1 Å². The predicted molar refractivity (Wildman–Crippen MR) is 62.8 cm³/mol. The zero-order chi connectivity index (χ0) is 12.6. The second-order valence-electron chi connectivity index (χ2n) is 5.31. The van der Waals surface area contributed by atoms with Gasteiger partial charge in [-0.25, -0.2) is 4.98 Å². The standard InChI is InChI=1S/C12H19N3O3/c1-15-10(13-9-14-15)8-11(16)2-4-12(5-3-11)17-6-7-18-12/h9,16H,2-8H2,1H3. The second-order valence-corrected chi connectivity index (χ2v) is 5.31. The first-order chi connectivity index (χ1) is 8.61. The van der Waals surface area contributed by atoms with Gasteiger partial charge in [0, 0.05) is 26.3 Å². The minimum absolute atomic E-state index is 0.424. The fourth-order valence-electron chi connectivity index (χ4n) is 2.83. The molecule has 2 heterocycles. The molecule has 1 aromatic heterocycles. The van der Waals surface area contributed by atoms with Crippen molar-refractivity contribution in [2.24, 2.45) is 7.05 Å². The van der Waals surface area contributed by atoms with E-state index >= 15 is 0 Å². The Labute approximate surface area is 106 Å². The molecule has 18 heavy (non-hydrogen) atoms. The van der Waals surface area contributed by atoms with E-state index in [1.54, 1.807) is 4.68 Å². The Hall–Kier alpha value is -0.980. The van der Waals surface area contributed by atoms with E-state index in [1.165, 1.54) is 6.33 Å². The molecule has 0 amide bonds. The van der Waals surface area contributed by atoms with Crippen LogP contribution in [0.4, 0.5) is 0 Å². The summed E-state index contributed by atoms with van der Waals surface area (Å²) in [5.41, 5.74) is -0.707. The van der Waals surface area contributed by atoms with Gasteiger partial charge in [-0.15, -0.1) is 0 Å². The van der Waals surface area contributed by atoms with Gasteiger partial charge in [0.15, 0.2) is 5.79 Å². The van der Waals surface area contributed by atoms with Crippen molar-refractivity contribution in [3.8, 4) is 0 Å². The van der Waals surface area contributed by atoms with Crippen LogP contribution in [0.3, 0.4) is 0 Å². The van der Waals surface area contributed by atoms with E-state index in [0.717, 1.165) is 18.7 Å². The van der Waals surface area contributed by atoms with Crippen LogP contribution in [0, 0.1) is 0 Å². The molecule has 1 aliphatic carbocycles. The van der Waals surface area contributed by atoms with Gasteiger partial charge in [-0.3, -0.25) is 4.68 Å². The monoisotopic (exact) mass is 253 g/mol. The lowest BCUT2D eigenvalue weighted by molar-refractivity contribution is -0.202. The minimum Gasteiger partial charge on any atom is -0.389 e. The van der Waals surface area contributed by atoms with Crippen molar-refractivity contribution in [3.63, 3.8) is 0 Å². The lowest BCUT2D eigenvalue weighted by atomic mass is 9.79. The summed E-state index contributed by atoms with van der Waals surface area (Å²) in [5.74, 6) is 0.397. The summed E-state index contributed by atoms with van der Waals surface area (Å²) in [5, 5.41) is 14.6. The van der Waals surface area contributed by atoms with Crippen LogP contribution in [0.2, 0.25) is 0 Å². The van der Waals surface area contributed by atoms with Crippen molar-refractivity contribution < 1.29 is 14.6 Å². The molecule has 1 saturated carbocycles. The molecule has 100 valence electrons. The highest BCUT2D eigenvalue weighted by molar-refractivity contribution is 4.99. The molecule has 1 spiro atoms. The van der Waals surface area contributed by atoms with Crippen LogP contribution >= 0.6 is 0 Å². The quantitative estimate of drug-likeness (QED) is 0.826. The summed E-state index contributed by atoms with van der Waals surface area (Å²) in [4.78, 5) is 4.17.